The van der Waals surface area contributed by atoms with Crippen molar-refractivity contribution < 1.29 is 14.3 Å². The van der Waals surface area contributed by atoms with Gasteiger partial charge in [-0.15, -0.1) is 0 Å². The molecule has 2 aromatic heterocycles. The van der Waals surface area contributed by atoms with Crippen molar-refractivity contribution in [3.8, 4) is 17.0 Å². The molecule has 8 nitrogen and oxygen atoms in total. The number of anilines is 2. The minimum Gasteiger partial charge on any atom is -0.410 e. The molecule has 0 spiro atoms. The first-order valence-electron chi connectivity index (χ1n) is 10.1. The quantitative estimate of drug-likeness (QED) is 0.522. The number of nitrogens with one attached hydrogen (secondary N) is 2. The van der Waals surface area contributed by atoms with Gasteiger partial charge in [-0.05, 0) is 35.9 Å². The zero-order chi connectivity index (χ0) is 21.0. The van der Waals surface area contributed by atoms with Crippen molar-refractivity contribution in [3.05, 3.63) is 67.0 Å². The van der Waals surface area contributed by atoms with Crippen LogP contribution in [0.2, 0.25) is 0 Å². The minimum atomic E-state index is -0.532. The summed E-state index contributed by atoms with van der Waals surface area (Å²) in [7, 11) is 0. The molecule has 1 aliphatic heterocycles. The Hall–Kier alpha value is -3.91. The van der Waals surface area contributed by atoms with Gasteiger partial charge in [0.25, 0.3) is 0 Å². The summed E-state index contributed by atoms with van der Waals surface area (Å²) < 4.78 is 10.7. The second-order valence-corrected chi connectivity index (χ2v) is 7.15. The van der Waals surface area contributed by atoms with Crippen molar-refractivity contribution in [2.45, 2.75) is 0 Å². The molecule has 1 saturated heterocycles. The Labute approximate surface area is 178 Å². The Balaban J connectivity index is 1.33. The van der Waals surface area contributed by atoms with Gasteiger partial charge in [-0.2, -0.15) is 0 Å². The molecule has 5 rings (SSSR count). The Kier molecular flexibility index (Phi) is 5.20. The van der Waals surface area contributed by atoms with Gasteiger partial charge in [0, 0.05) is 24.5 Å². The number of benzene rings is 2. The van der Waals surface area contributed by atoms with E-state index in [1.54, 1.807) is 18.5 Å². The molecule has 31 heavy (non-hydrogen) atoms. The number of morpholine rings is 1. The smallest absolute Gasteiger partial charge is 0.410 e. The highest BCUT2D eigenvalue weighted by Gasteiger charge is 2.17. The molecule has 1 amide bonds. The molecule has 0 unspecified atom stereocenters. The second kappa shape index (κ2) is 8.45. The summed E-state index contributed by atoms with van der Waals surface area (Å²) in [5, 5.41) is 3.72. The first-order chi connectivity index (χ1) is 15.3. The highest BCUT2D eigenvalue weighted by Crippen LogP contribution is 2.29. The van der Waals surface area contributed by atoms with Gasteiger partial charge < -0.3 is 19.4 Å². The fraction of sp³-hybridized carbons (Fsp3) is 0.174. The molecule has 8 heteroatoms. The highest BCUT2D eigenvalue weighted by atomic mass is 16.6. The van der Waals surface area contributed by atoms with E-state index in [4.69, 9.17) is 9.47 Å². The van der Waals surface area contributed by atoms with Crippen LogP contribution in [0.5, 0.6) is 5.75 Å². The maximum absolute atomic E-state index is 12.1. The van der Waals surface area contributed by atoms with Crippen LogP contribution in [0.3, 0.4) is 0 Å². The first-order valence-corrected chi connectivity index (χ1v) is 10.1. The molecule has 0 atom stereocenters. The van der Waals surface area contributed by atoms with E-state index >= 15 is 0 Å². The molecular weight excluding hydrogens is 394 g/mol. The third-order valence-electron chi connectivity index (χ3n) is 5.11. The van der Waals surface area contributed by atoms with Gasteiger partial charge in [0.05, 0.1) is 18.6 Å². The van der Waals surface area contributed by atoms with Crippen LogP contribution in [0.4, 0.5) is 16.3 Å². The molecule has 0 saturated carbocycles. The maximum atomic E-state index is 12.1. The molecule has 156 valence electrons. The standard InChI is InChI=1S/C23H21N5O3/c29-23(31-18-4-2-1-3-5-18)26-17-8-6-16(7-9-17)20-14-19-21(27-20)24-15-25-22(19)28-10-12-30-13-11-28/h1-9,14-15H,10-13H2,(H,26,29)(H,24,25,27). The number of fused-ring (bicyclic) bond motifs is 1. The van der Waals surface area contributed by atoms with Gasteiger partial charge in [-0.1, -0.05) is 30.3 Å². The van der Waals surface area contributed by atoms with Crippen LogP contribution in [0, 0.1) is 0 Å². The van der Waals surface area contributed by atoms with Crippen LogP contribution < -0.4 is 15.0 Å². The van der Waals surface area contributed by atoms with Gasteiger partial charge >= 0.3 is 6.09 Å². The van der Waals surface area contributed by atoms with Crippen molar-refractivity contribution in [1.82, 2.24) is 15.0 Å². The number of aromatic amines is 1. The van der Waals surface area contributed by atoms with E-state index in [2.05, 4.69) is 31.2 Å². The molecule has 0 aliphatic carbocycles. The van der Waals surface area contributed by atoms with E-state index in [9.17, 15) is 4.79 Å². The van der Waals surface area contributed by atoms with Gasteiger partial charge in [0.2, 0.25) is 0 Å². The molecule has 2 N–H and O–H groups in total. The summed E-state index contributed by atoms with van der Waals surface area (Å²) in [5.41, 5.74) is 3.35. The number of aromatic nitrogens is 3. The molecule has 1 fully saturated rings. The van der Waals surface area contributed by atoms with Crippen molar-refractivity contribution in [1.29, 1.82) is 0 Å². The molecule has 3 heterocycles. The molecule has 1 aliphatic rings. The second-order valence-electron chi connectivity index (χ2n) is 7.15. The summed E-state index contributed by atoms with van der Waals surface area (Å²) in [5.74, 6) is 1.41. The van der Waals surface area contributed by atoms with Crippen LogP contribution in [-0.4, -0.2) is 47.3 Å². The molecular formula is C23H21N5O3. The zero-order valence-electron chi connectivity index (χ0n) is 16.7. The lowest BCUT2D eigenvalue weighted by molar-refractivity contribution is 0.122. The van der Waals surface area contributed by atoms with Crippen LogP contribution in [0.15, 0.2) is 67.0 Å². The fourth-order valence-corrected chi connectivity index (χ4v) is 3.58. The fourth-order valence-electron chi connectivity index (χ4n) is 3.58. The number of hydrogen-bond acceptors (Lipinski definition) is 6. The van der Waals surface area contributed by atoms with E-state index in [1.807, 2.05) is 42.5 Å². The largest absolute Gasteiger partial charge is 0.417 e. The Morgan fingerprint density at radius 1 is 1.03 bits per heavy atom. The Morgan fingerprint density at radius 3 is 2.58 bits per heavy atom. The number of amides is 1. The lowest BCUT2D eigenvalue weighted by Crippen LogP contribution is -2.36. The van der Waals surface area contributed by atoms with Gasteiger partial charge in [0.15, 0.2) is 0 Å². The highest BCUT2D eigenvalue weighted by molar-refractivity contribution is 5.92. The van der Waals surface area contributed by atoms with Crippen LogP contribution in [0.1, 0.15) is 0 Å². The SMILES string of the molecule is O=C(Nc1ccc(-c2cc3c(N4CCOCC4)ncnc3[nH]2)cc1)Oc1ccccc1. The van der Waals surface area contributed by atoms with Crippen molar-refractivity contribution >= 4 is 28.6 Å². The third kappa shape index (κ3) is 4.19. The number of rotatable bonds is 4. The number of para-hydroxylation sites is 1. The van der Waals surface area contributed by atoms with Gasteiger partial charge in [-0.3, -0.25) is 5.32 Å². The minimum absolute atomic E-state index is 0.492. The van der Waals surface area contributed by atoms with E-state index in [0.717, 1.165) is 41.2 Å². The lowest BCUT2D eigenvalue weighted by Gasteiger charge is -2.27. The molecule has 4 aromatic rings. The monoisotopic (exact) mass is 415 g/mol. The van der Waals surface area contributed by atoms with E-state index in [1.165, 1.54) is 0 Å². The topological polar surface area (TPSA) is 92.4 Å². The summed E-state index contributed by atoms with van der Waals surface area (Å²) in [6, 6.07) is 18.5. The Morgan fingerprint density at radius 2 is 1.81 bits per heavy atom. The number of H-pyrrole nitrogens is 1. The van der Waals surface area contributed by atoms with Crippen molar-refractivity contribution in [3.63, 3.8) is 0 Å². The number of carbonyl (C=O) groups is 1. The zero-order valence-corrected chi connectivity index (χ0v) is 16.7. The summed E-state index contributed by atoms with van der Waals surface area (Å²) in [6.07, 6.45) is 1.05. The molecule has 0 bridgehead atoms. The predicted molar refractivity (Wildman–Crippen MR) is 118 cm³/mol. The van der Waals surface area contributed by atoms with Crippen LogP contribution in [-0.2, 0) is 4.74 Å². The summed E-state index contributed by atoms with van der Waals surface area (Å²) >= 11 is 0. The predicted octanol–water partition coefficient (Wildman–Crippen LogP) is 4.07. The summed E-state index contributed by atoms with van der Waals surface area (Å²) in [4.78, 5) is 26.5. The van der Waals surface area contributed by atoms with Crippen LogP contribution in [0.25, 0.3) is 22.3 Å². The van der Waals surface area contributed by atoms with Gasteiger partial charge in [0.1, 0.15) is 23.5 Å². The molecule has 2 aromatic carbocycles. The summed E-state index contributed by atoms with van der Waals surface area (Å²) in [6.45, 7) is 3.02. The maximum Gasteiger partial charge on any atom is 0.417 e. The Bertz CT molecular complexity index is 1190. The normalized spacial score (nSPS) is 13.9. The number of hydrogen-bond donors (Lipinski definition) is 2. The number of nitrogens with zero attached hydrogens (tertiary/aromatic N) is 3. The van der Waals surface area contributed by atoms with Crippen molar-refractivity contribution in [2.24, 2.45) is 0 Å². The van der Waals surface area contributed by atoms with Crippen LogP contribution >= 0.6 is 0 Å². The first kappa shape index (κ1) is 19.1. The number of ether oxygens (including phenoxy) is 2. The third-order valence-corrected chi connectivity index (χ3v) is 5.11. The van der Waals surface area contributed by atoms with E-state index in [0.29, 0.717) is 24.7 Å². The molecule has 0 radical (unpaired) electrons. The van der Waals surface area contributed by atoms with Crippen molar-refractivity contribution in [2.75, 3.05) is 36.5 Å². The lowest BCUT2D eigenvalue weighted by atomic mass is 10.1. The average molecular weight is 415 g/mol. The average Bonchev–Trinajstić information content (AvgIpc) is 3.25. The van der Waals surface area contributed by atoms with E-state index < -0.39 is 6.09 Å². The number of carbonyl (C=O) groups excluding carboxylic acids is 1. The van der Waals surface area contributed by atoms with Gasteiger partial charge in [-0.25, -0.2) is 14.8 Å². The van der Waals surface area contributed by atoms with E-state index in [-0.39, 0.29) is 0 Å².